The minimum Gasteiger partial charge on any atom is -0.478 e. The fourth-order valence-corrected chi connectivity index (χ4v) is 2.34. The van der Waals surface area contributed by atoms with E-state index in [0.717, 1.165) is 49.1 Å². The van der Waals surface area contributed by atoms with E-state index in [-0.39, 0.29) is 6.10 Å². The number of nitrogens with zero attached hydrogens (tertiary/aromatic N) is 2. The van der Waals surface area contributed by atoms with Gasteiger partial charge in [0.15, 0.2) is 0 Å². The smallest absolute Gasteiger partial charge is 0.328 e. The lowest BCUT2D eigenvalue weighted by Gasteiger charge is -2.34. The maximum atomic E-state index is 10.5. The summed E-state index contributed by atoms with van der Waals surface area (Å²) in [5, 5.41) is 8.63. The Hall–Kier alpha value is -1.88. The molecule has 0 amide bonds. The lowest BCUT2D eigenvalue weighted by molar-refractivity contribution is -0.131. The fraction of sp³-hybridized carbons (Fsp3) is 0.467. The molecule has 1 N–H and O–H groups in total. The van der Waals surface area contributed by atoms with Gasteiger partial charge in [-0.05, 0) is 36.6 Å². The third-order valence-corrected chi connectivity index (χ3v) is 3.38. The molecule has 1 aromatic heterocycles. The van der Waals surface area contributed by atoms with Crippen molar-refractivity contribution in [3.8, 4) is 0 Å². The number of aliphatic carboxylic acids is 1. The van der Waals surface area contributed by atoms with Crippen LogP contribution in [0.5, 0.6) is 0 Å². The summed E-state index contributed by atoms with van der Waals surface area (Å²) in [6, 6.07) is 1.96. The highest BCUT2D eigenvalue weighted by molar-refractivity contribution is 5.85. The Morgan fingerprint density at radius 3 is 3.10 bits per heavy atom. The monoisotopic (exact) mass is 276 g/mol. The summed E-state index contributed by atoms with van der Waals surface area (Å²) >= 11 is 0. The van der Waals surface area contributed by atoms with Crippen molar-refractivity contribution in [2.24, 2.45) is 0 Å². The number of aryl methyl sites for hydroxylation is 1. The number of carboxylic acid groups (broad SMARTS) is 1. The average Bonchev–Trinajstić information content (AvgIpc) is 2.45. The second kappa shape index (κ2) is 6.52. The zero-order valence-electron chi connectivity index (χ0n) is 11.9. The van der Waals surface area contributed by atoms with Gasteiger partial charge in [0, 0.05) is 25.4 Å². The number of pyridine rings is 1. The second-order valence-corrected chi connectivity index (χ2v) is 4.93. The third kappa shape index (κ3) is 3.57. The van der Waals surface area contributed by atoms with Crippen LogP contribution in [-0.2, 0) is 9.53 Å². The molecular weight excluding hydrogens is 256 g/mol. The summed E-state index contributed by atoms with van der Waals surface area (Å²) in [4.78, 5) is 17.2. The summed E-state index contributed by atoms with van der Waals surface area (Å²) in [6.45, 7) is 6.54. The maximum Gasteiger partial charge on any atom is 0.328 e. The van der Waals surface area contributed by atoms with Crippen molar-refractivity contribution in [1.29, 1.82) is 0 Å². The molecule has 2 rings (SSSR count). The zero-order chi connectivity index (χ0) is 14.5. The molecule has 1 atom stereocenters. The number of hydrogen-bond donors (Lipinski definition) is 1. The van der Waals surface area contributed by atoms with Gasteiger partial charge in [-0.25, -0.2) is 9.78 Å². The lowest BCUT2D eigenvalue weighted by Crippen LogP contribution is -2.42. The molecule has 108 valence electrons. The van der Waals surface area contributed by atoms with Crippen LogP contribution < -0.4 is 4.90 Å². The van der Waals surface area contributed by atoms with Crippen LogP contribution in [0.1, 0.15) is 24.5 Å². The lowest BCUT2D eigenvalue weighted by atomic mass is 10.1. The summed E-state index contributed by atoms with van der Waals surface area (Å²) in [5.74, 6) is 0.00456. The van der Waals surface area contributed by atoms with Gasteiger partial charge in [0.05, 0.1) is 12.7 Å². The van der Waals surface area contributed by atoms with Crippen LogP contribution in [0.15, 0.2) is 18.3 Å². The zero-order valence-corrected chi connectivity index (χ0v) is 11.9. The quantitative estimate of drug-likeness (QED) is 0.853. The van der Waals surface area contributed by atoms with E-state index >= 15 is 0 Å². The van der Waals surface area contributed by atoms with Gasteiger partial charge in [-0.2, -0.15) is 0 Å². The molecule has 1 fully saturated rings. The normalized spacial score (nSPS) is 19.5. The summed E-state index contributed by atoms with van der Waals surface area (Å²) < 4.78 is 5.66. The number of ether oxygens (including phenoxy) is 1. The van der Waals surface area contributed by atoms with Gasteiger partial charge in [0.2, 0.25) is 0 Å². The number of aromatic nitrogens is 1. The van der Waals surface area contributed by atoms with Crippen LogP contribution in [0.25, 0.3) is 6.08 Å². The van der Waals surface area contributed by atoms with Crippen LogP contribution in [0.3, 0.4) is 0 Å². The molecule has 0 aliphatic carbocycles. The Labute approximate surface area is 118 Å². The van der Waals surface area contributed by atoms with Crippen molar-refractivity contribution in [3.05, 3.63) is 29.5 Å². The highest BCUT2D eigenvalue weighted by atomic mass is 16.5. The van der Waals surface area contributed by atoms with Crippen LogP contribution in [0.2, 0.25) is 0 Å². The second-order valence-electron chi connectivity index (χ2n) is 4.93. The first-order valence-corrected chi connectivity index (χ1v) is 6.84. The molecule has 1 aromatic rings. The van der Waals surface area contributed by atoms with Gasteiger partial charge in [-0.3, -0.25) is 0 Å². The molecule has 0 radical (unpaired) electrons. The van der Waals surface area contributed by atoms with E-state index in [0.29, 0.717) is 0 Å². The first-order valence-electron chi connectivity index (χ1n) is 6.84. The number of morpholine rings is 1. The molecule has 0 spiro atoms. The molecule has 2 heterocycles. The highest BCUT2D eigenvalue weighted by Gasteiger charge is 2.21. The number of carbonyl (C=O) groups is 1. The predicted octanol–water partition coefficient (Wildman–Crippen LogP) is 2.10. The summed E-state index contributed by atoms with van der Waals surface area (Å²) in [6.07, 6.45) is 5.64. The molecule has 1 saturated heterocycles. The fourth-order valence-electron chi connectivity index (χ4n) is 2.34. The van der Waals surface area contributed by atoms with Crippen molar-refractivity contribution >= 4 is 17.9 Å². The summed E-state index contributed by atoms with van der Waals surface area (Å²) in [5.41, 5.74) is 1.85. The Balaban J connectivity index is 2.15. The van der Waals surface area contributed by atoms with E-state index < -0.39 is 5.97 Å². The van der Waals surface area contributed by atoms with Gasteiger partial charge in [-0.15, -0.1) is 0 Å². The summed E-state index contributed by atoms with van der Waals surface area (Å²) in [7, 11) is 0. The van der Waals surface area contributed by atoms with Crippen LogP contribution in [0.4, 0.5) is 5.82 Å². The predicted molar refractivity (Wildman–Crippen MR) is 77.9 cm³/mol. The minimum absolute atomic E-state index is 0.261. The number of hydrogen-bond acceptors (Lipinski definition) is 4. The van der Waals surface area contributed by atoms with Crippen molar-refractivity contribution in [3.63, 3.8) is 0 Å². The Morgan fingerprint density at radius 1 is 1.65 bits per heavy atom. The molecule has 1 unspecified atom stereocenters. The first-order chi connectivity index (χ1) is 9.60. The van der Waals surface area contributed by atoms with Gasteiger partial charge in [0.1, 0.15) is 5.82 Å². The van der Waals surface area contributed by atoms with E-state index in [2.05, 4.69) is 16.8 Å². The molecule has 1 aliphatic heterocycles. The van der Waals surface area contributed by atoms with Crippen LogP contribution >= 0.6 is 0 Å². The van der Waals surface area contributed by atoms with Gasteiger partial charge < -0.3 is 14.7 Å². The standard InChI is InChI=1S/C15H20N2O3/c1-3-13-10-17(6-7-20-13)15-11(2)8-12(9-16-15)4-5-14(18)19/h4-5,8-9,13H,3,6-7,10H2,1-2H3,(H,18,19)/b5-4+. The maximum absolute atomic E-state index is 10.5. The first kappa shape index (κ1) is 14.5. The highest BCUT2D eigenvalue weighted by Crippen LogP contribution is 2.21. The van der Waals surface area contributed by atoms with E-state index in [9.17, 15) is 4.79 Å². The van der Waals surface area contributed by atoms with E-state index in [1.165, 1.54) is 0 Å². The van der Waals surface area contributed by atoms with Crippen molar-refractivity contribution in [2.45, 2.75) is 26.4 Å². The molecule has 0 saturated carbocycles. The molecule has 0 aromatic carbocycles. The van der Waals surface area contributed by atoms with E-state index in [1.54, 1.807) is 12.3 Å². The van der Waals surface area contributed by atoms with Crippen molar-refractivity contribution < 1.29 is 14.6 Å². The SMILES string of the molecule is CCC1CN(c2ncc(/C=C/C(=O)O)cc2C)CCO1. The van der Waals surface area contributed by atoms with Crippen molar-refractivity contribution in [2.75, 3.05) is 24.6 Å². The van der Waals surface area contributed by atoms with Crippen LogP contribution in [-0.4, -0.2) is 41.9 Å². The number of carboxylic acids is 1. The Bertz CT molecular complexity index is 514. The molecule has 20 heavy (non-hydrogen) atoms. The molecule has 1 aliphatic rings. The van der Waals surface area contributed by atoms with E-state index in [4.69, 9.17) is 9.84 Å². The molecule has 5 heteroatoms. The van der Waals surface area contributed by atoms with Gasteiger partial charge in [-0.1, -0.05) is 6.92 Å². The van der Waals surface area contributed by atoms with Gasteiger partial charge >= 0.3 is 5.97 Å². The average molecular weight is 276 g/mol. The van der Waals surface area contributed by atoms with E-state index in [1.807, 2.05) is 13.0 Å². The number of anilines is 1. The third-order valence-electron chi connectivity index (χ3n) is 3.38. The molecular formula is C15H20N2O3. The largest absolute Gasteiger partial charge is 0.478 e. The van der Waals surface area contributed by atoms with Crippen molar-refractivity contribution in [1.82, 2.24) is 4.98 Å². The van der Waals surface area contributed by atoms with Gasteiger partial charge in [0.25, 0.3) is 0 Å². The number of rotatable bonds is 4. The topological polar surface area (TPSA) is 62.7 Å². The molecule has 0 bridgehead atoms. The Morgan fingerprint density at radius 2 is 2.45 bits per heavy atom. The van der Waals surface area contributed by atoms with Crippen LogP contribution in [0, 0.1) is 6.92 Å². The minimum atomic E-state index is -0.953. The molecule has 5 nitrogen and oxygen atoms in total. The Kier molecular flexibility index (Phi) is 4.74.